The van der Waals surface area contributed by atoms with Gasteiger partial charge in [0.2, 0.25) is 0 Å². The van der Waals surface area contributed by atoms with Gasteiger partial charge in [0.25, 0.3) is 0 Å². The predicted molar refractivity (Wildman–Crippen MR) is 45.8 cm³/mol. The van der Waals surface area contributed by atoms with Crippen LogP contribution in [0, 0.1) is 0 Å². The summed E-state index contributed by atoms with van der Waals surface area (Å²) in [6.07, 6.45) is 0. The third-order valence-corrected chi connectivity index (χ3v) is 0.365. The monoisotopic (exact) mass is 168 g/mol. The number of carbonyl (C=O) groups is 1. The van der Waals surface area contributed by atoms with E-state index in [0.29, 0.717) is 0 Å². The fraction of sp³-hybridized carbons (Fsp3) is 0.143. The molecular formula is C7H12CaO2. The molecule has 0 aliphatic carbocycles. The number of aliphatic carboxylic acids is 1. The Morgan fingerprint density at radius 1 is 1.50 bits per heavy atom. The summed E-state index contributed by atoms with van der Waals surface area (Å²) in [4.78, 5) is 9.60. The molecule has 0 amide bonds. The van der Waals surface area contributed by atoms with Gasteiger partial charge in [-0.15, -0.1) is 5.73 Å². The summed E-state index contributed by atoms with van der Waals surface area (Å²) in [6, 6.07) is 0. The summed E-state index contributed by atoms with van der Waals surface area (Å²) < 4.78 is 0. The first-order valence-electron chi connectivity index (χ1n) is 2.24. The molecule has 0 fully saturated rings. The van der Waals surface area contributed by atoms with Gasteiger partial charge in [0.15, 0.2) is 0 Å². The molecule has 3 heteroatoms. The zero-order valence-electron chi connectivity index (χ0n) is 5.48. The van der Waals surface area contributed by atoms with Crippen LogP contribution in [-0.4, -0.2) is 48.8 Å². The molecule has 54 valence electrons. The van der Waals surface area contributed by atoms with E-state index < -0.39 is 5.97 Å². The molecule has 0 spiro atoms. The second-order valence-corrected chi connectivity index (χ2v) is 1.34. The van der Waals surface area contributed by atoms with Crippen LogP contribution in [0.5, 0.6) is 0 Å². The molecule has 0 bridgehead atoms. The van der Waals surface area contributed by atoms with E-state index in [1.807, 2.05) is 0 Å². The Balaban J connectivity index is -0.000000107. The van der Waals surface area contributed by atoms with Crippen molar-refractivity contribution in [3.8, 4) is 0 Å². The van der Waals surface area contributed by atoms with Gasteiger partial charge in [0.1, 0.15) is 0 Å². The summed E-state index contributed by atoms with van der Waals surface area (Å²) >= 11 is 0. The molecule has 0 atom stereocenters. The molecule has 2 nitrogen and oxygen atoms in total. The van der Waals surface area contributed by atoms with Crippen LogP contribution in [0.15, 0.2) is 31.0 Å². The van der Waals surface area contributed by atoms with Crippen molar-refractivity contribution >= 4 is 43.7 Å². The van der Waals surface area contributed by atoms with Crippen LogP contribution in [-0.2, 0) is 4.79 Å². The van der Waals surface area contributed by atoms with Gasteiger partial charge in [0, 0.05) is 5.57 Å². The molecular weight excluding hydrogens is 156 g/mol. The minimum atomic E-state index is -0.935. The van der Waals surface area contributed by atoms with Crippen molar-refractivity contribution in [3.63, 3.8) is 0 Å². The zero-order chi connectivity index (χ0) is 7.86. The molecule has 1 N–H and O–H groups in total. The van der Waals surface area contributed by atoms with Crippen molar-refractivity contribution in [1.29, 1.82) is 0 Å². The standard InChI is InChI=1S/C4H6O2.C3H4.Ca.2H/c1-3(2)4(5)6;1-3-2;;;/h1H2,2H3,(H,5,6);1-2H2;;;. The third kappa shape index (κ3) is 24.5. The van der Waals surface area contributed by atoms with Crippen molar-refractivity contribution in [1.82, 2.24) is 0 Å². The van der Waals surface area contributed by atoms with Gasteiger partial charge in [-0.05, 0) is 6.92 Å². The number of rotatable bonds is 1. The summed E-state index contributed by atoms with van der Waals surface area (Å²) in [5, 5.41) is 7.89. The van der Waals surface area contributed by atoms with Gasteiger partial charge in [0.05, 0.1) is 0 Å². The van der Waals surface area contributed by atoms with Gasteiger partial charge in [-0.25, -0.2) is 4.79 Å². The first-order chi connectivity index (χ1) is 4.06. The number of hydrogen-bond donors (Lipinski definition) is 1. The molecule has 0 rings (SSSR count). The molecule has 0 heterocycles. The van der Waals surface area contributed by atoms with Crippen LogP contribution >= 0.6 is 0 Å². The first kappa shape index (κ1) is 16.5. The van der Waals surface area contributed by atoms with E-state index in [4.69, 9.17) is 5.11 Å². The van der Waals surface area contributed by atoms with Gasteiger partial charge in [-0.3, -0.25) is 0 Å². The van der Waals surface area contributed by atoms with E-state index in [0.717, 1.165) is 0 Å². The fourth-order valence-electron chi connectivity index (χ4n) is 0. The van der Waals surface area contributed by atoms with Gasteiger partial charge in [-0.1, -0.05) is 19.7 Å². The van der Waals surface area contributed by atoms with Crippen LogP contribution in [0.25, 0.3) is 0 Å². The van der Waals surface area contributed by atoms with Crippen LogP contribution in [0.3, 0.4) is 0 Å². The van der Waals surface area contributed by atoms with E-state index >= 15 is 0 Å². The van der Waals surface area contributed by atoms with Crippen LogP contribution < -0.4 is 0 Å². The van der Waals surface area contributed by atoms with E-state index in [2.05, 4.69) is 25.5 Å². The minimum absolute atomic E-state index is 0. The maximum atomic E-state index is 9.60. The molecule has 0 radical (unpaired) electrons. The van der Waals surface area contributed by atoms with Crippen molar-refractivity contribution in [2.24, 2.45) is 0 Å². The summed E-state index contributed by atoms with van der Waals surface area (Å²) in [5.74, 6) is -0.935. The molecule has 0 unspecified atom stereocenters. The SMILES string of the molecule is C=C(C)C(=O)O.C=C=C.[CaH2]. The Morgan fingerprint density at radius 3 is 1.60 bits per heavy atom. The summed E-state index contributed by atoms with van der Waals surface area (Å²) in [6.45, 7) is 10.9. The number of hydrogen-bond acceptors (Lipinski definition) is 1. The average molecular weight is 168 g/mol. The topological polar surface area (TPSA) is 37.3 Å². The average Bonchev–Trinajstić information content (AvgIpc) is 1.68. The maximum absolute atomic E-state index is 9.60. The van der Waals surface area contributed by atoms with Crippen LogP contribution in [0.2, 0.25) is 0 Å². The van der Waals surface area contributed by atoms with Crippen LogP contribution in [0.1, 0.15) is 6.92 Å². The normalized spacial score (nSPS) is 5.30. The molecule has 0 aromatic heterocycles. The first-order valence-corrected chi connectivity index (χ1v) is 2.24. The van der Waals surface area contributed by atoms with E-state index in [1.165, 1.54) is 6.92 Å². The number of carboxylic acids is 1. The van der Waals surface area contributed by atoms with Crippen molar-refractivity contribution in [2.45, 2.75) is 6.92 Å². The van der Waals surface area contributed by atoms with Crippen molar-refractivity contribution in [2.75, 3.05) is 0 Å². The van der Waals surface area contributed by atoms with Crippen molar-refractivity contribution in [3.05, 3.63) is 31.0 Å². The Hall–Kier alpha value is -0.0103. The van der Waals surface area contributed by atoms with Crippen LogP contribution in [0.4, 0.5) is 0 Å². The molecule has 10 heavy (non-hydrogen) atoms. The molecule has 0 aliphatic rings. The summed E-state index contributed by atoms with van der Waals surface area (Å²) in [7, 11) is 0. The predicted octanol–water partition coefficient (Wildman–Crippen LogP) is 0.688. The molecule has 0 saturated heterocycles. The van der Waals surface area contributed by atoms with Gasteiger partial charge in [-0.2, -0.15) is 0 Å². The van der Waals surface area contributed by atoms with E-state index in [-0.39, 0.29) is 43.3 Å². The van der Waals surface area contributed by atoms with Gasteiger partial charge >= 0.3 is 43.7 Å². The third-order valence-electron chi connectivity index (χ3n) is 0.365. The fourth-order valence-corrected chi connectivity index (χ4v) is 0. The molecule has 0 saturated carbocycles. The second-order valence-electron chi connectivity index (χ2n) is 1.34. The molecule has 0 aromatic rings. The second kappa shape index (κ2) is 11.7. The quantitative estimate of drug-likeness (QED) is 0.355. The molecule has 0 aliphatic heterocycles. The van der Waals surface area contributed by atoms with Crippen molar-refractivity contribution < 1.29 is 9.90 Å². The summed E-state index contributed by atoms with van der Waals surface area (Å²) in [5.41, 5.74) is 2.43. The Bertz CT molecular complexity index is 132. The Morgan fingerprint density at radius 2 is 1.60 bits per heavy atom. The van der Waals surface area contributed by atoms with E-state index in [9.17, 15) is 4.79 Å². The Kier molecular flexibility index (Phi) is 19.4. The van der Waals surface area contributed by atoms with Gasteiger partial charge < -0.3 is 5.11 Å². The number of carboxylic acid groups (broad SMARTS) is 1. The van der Waals surface area contributed by atoms with E-state index in [1.54, 1.807) is 0 Å². The Labute approximate surface area is 90.9 Å². The molecule has 0 aromatic carbocycles. The zero-order valence-corrected chi connectivity index (χ0v) is 5.48.